The molecule has 7 aromatic carbocycles. The molecule has 2 aromatic heterocycles. The minimum absolute atomic E-state index is 0.877. The maximum Gasteiger partial charge on any atom is 0.137 e. The van der Waals surface area contributed by atoms with Crippen LogP contribution in [0, 0.1) is 6.92 Å². The van der Waals surface area contributed by atoms with E-state index in [0.717, 1.165) is 44.7 Å². The number of anilines is 3. The lowest BCUT2D eigenvalue weighted by atomic mass is 10.0. The predicted octanol–water partition coefficient (Wildman–Crippen LogP) is 12.1. The van der Waals surface area contributed by atoms with Gasteiger partial charge in [0, 0.05) is 33.2 Å². The lowest BCUT2D eigenvalue weighted by molar-refractivity contribution is 0.669. The molecule has 0 aliphatic rings. The number of hydrogen-bond donors (Lipinski definition) is 0. The summed E-state index contributed by atoms with van der Waals surface area (Å²) in [5, 5.41) is 4.65. The summed E-state index contributed by atoms with van der Waals surface area (Å²) in [6.45, 7) is 2.13. The molecule has 218 valence electrons. The Labute approximate surface area is 267 Å². The molecule has 0 unspecified atom stereocenters. The summed E-state index contributed by atoms with van der Waals surface area (Å²) in [4.78, 5) is 2.37. The van der Waals surface area contributed by atoms with Crippen LogP contribution < -0.4 is 4.90 Å². The van der Waals surface area contributed by atoms with E-state index in [9.17, 15) is 0 Å². The molecule has 2 heterocycles. The highest BCUT2D eigenvalue weighted by molar-refractivity contribution is 6.15. The van der Waals surface area contributed by atoms with Gasteiger partial charge in [-0.15, -0.1) is 0 Å². The first-order chi connectivity index (χ1) is 22.7. The van der Waals surface area contributed by atoms with Crippen molar-refractivity contribution in [2.24, 2.45) is 0 Å². The van der Waals surface area contributed by atoms with E-state index in [1.165, 1.54) is 38.5 Å². The van der Waals surface area contributed by atoms with Gasteiger partial charge in [-0.3, -0.25) is 0 Å². The topological polar surface area (TPSA) is 21.3 Å². The zero-order valence-corrected chi connectivity index (χ0v) is 25.4. The first-order valence-corrected chi connectivity index (χ1v) is 15.7. The monoisotopic (exact) mass is 590 g/mol. The Hall–Kier alpha value is -6.06. The number of hydrogen-bond acceptors (Lipinski definition) is 2. The van der Waals surface area contributed by atoms with E-state index in [-0.39, 0.29) is 0 Å². The highest BCUT2D eigenvalue weighted by Gasteiger charge is 2.21. The Morgan fingerprint density at radius 2 is 1.13 bits per heavy atom. The molecular formula is C43H30N2O. The SMILES string of the molecule is Cc1ccc(-n2c3ccccc3c3cc(N(c4ccc(-c5ccccc5)cc4)c4cccc5oc6ccccc6c45)ccc32)cc1. The van der Waals surface area contributed by atoms with Gasteiger partial charge < -0.3 is 13.9 Å². The molecular weight excluding hydrogens is 560 g/mol. The third-order valence-electron chi connectivity index (χ3n) is 9.06. The van der Waals surface area contributed by atoms with E-state index in [4.69, 9.17) is 4.42 Å². The molecule has 0 N–H and O–H groups in total. The first kappa shape index (κ1) is 26.4. The van der Waals surface area contributed by atoms with Crippen molar-refractivity contribution in [3.8, 4) is 16.8 Å². The van der Waals surface area contributed by atoms with Gasteiger partial charge in [-0.2, -0.15) is 0 Å². The van der Waals surface area contributed by atoms with Gasteiger partial charge in [0.15, 0.2) is 0 Å². The van der Waals surface area contributed by atoms with Crippen molar-refractivity contribution in [1.82, 2.24) is 4.57 Å². The Balaban J connectivity index is 1.30. The Morgan fingerprint density at radius 1 is 0.478 bits per heavy atom. The number of fused-ring (bicyclic) bond motifs is 6. The normalized spacial score (nSPS) is 11.6. The van der Waals surface area contributed by atoms with Gasteiger partial charge in [0.25, 0.3) is 0 Å². The van der Waals surface area contributed by atoms with Crippen LogP contribution >= 0.6 is 0 Å². The molecule has 0 bridgehead atoms. The zero-order chi connectivity index (χ0) is 30.6. The minimum Gasteiger partial charge on any atom is -0.456 e. The largest absolute Gasteiger partial charge is 0.456 e. The van der Waals surface area contributed by atoms with Crippen LogP contribution in [0.15, 0.2) is 168 Å². The van der Waals surface area contributed by atoms with Crippen LogP contribution in [0.5, 0.6) is 0 Å². The van der Waals surface area contributed by atoms with Crippen molar-refractivity contribution in [1.29, 1.82) is 0 Å². The molecule has 0 aliphatic carbocycles. The van der Waals surface area contributed by atoms with Crippen LogP contribution in [0.25, 0.3) is 60.6 Å². The van der Waals surface area contributed by atoms with Crippen molar-refractivity contribution < 1.29 is 4.42 Å². The molecule has 0 saturated heterocycles. The molecule has 9 aromatic rings. The quantitative estimate of drug-likeness (QED) is 0.199. The Morgan fingerprint density at radius 3 is 1.96 bits per heavy atom. The summed E-state index contributed by atoms with van der Waals surface area (Å²) >= 11 is 0. The van der Waals surface area contributed by atoms with E-state index in [1.54, 1.807) is 0 Å². The van der Waals surface area contributed by atoms with Crippen LogP contribution in [0.1, 0.15) is 5.56 Å². The highest BCUT2D eigenvalue weighted by Crippen LogP contribution is 2.44. The fourth-order valence-corrected chi connectivity index (χ4v) is 6.88. The van der Waals surface area contributed by atoms with Crippen LogP contribution in [-0.2, 0) is 0 Å². The zero-order valence-electron chi connectivity index (χ0n) is 25.4. The van der Waals surface area contributed by atoms with E-state index in [0.29, 0.717) is 0 Å². The number of aromatic nitrogens is 1. The summed E-state index contributed by atoms with van der Waals surface area (Å²) in [7, 11) is 0. The smallest absolute Gasteiger partial charge is 0.137 e. The molecule has 0 aliphatic heterocycles. The number of aryl methyl sites for hydroxylation is 1. The number of rotatable bonds is 5. The molecule has 0 fully saturated rings. The first-order valence-electron chi connectivity index (χ1n) is 15.7. The van der Waals surface area contributed by atoms with Crippen molar-refractivity contribution in [2.75, 3.05) is 4.90 Å². The maximum absolute atomic E-state index is 6.35. The Kier molecular flexibility index (Phi) is 6.04. The highest BCUT2D eigenvalue weighted by atomic mass is 16.3. The predicted molar refractivity (Wildman–Crippen MR) is 193 cm³/mol. The third-order valence-corrected chi connectivity index (χ3v) is 9.06. The average molecular weight is 591 g/mol. The minimum atomic E-state index is 0.877. The molecule has 46 heavy (non-hydrogen) atoms. The van der Waals surface area contributed by atoms with Gasteiger partial charge in [-0.25, -0.2) is 0 Å². The summed E-state index contributed by atoms with van der Waals surface area (Å²) in [5.74, 6) is 0. The van der Waals surface area contributed by atoms with E-state index >= 15 is 0 Å². The third kappa shape index (κ3) is 4.21. The van der Waals surface area contributed by atoms with Gasteiger partial charge in [-0.05, 0) is 84.8 Å². The second-order valence-electron chi connectivity index (χ2n) is 11.9. The van der Waals surface area contributed by atoms with E-state index in [1.807, 2.05) is 12.1 Å². The van der Waals surface area contributed by atoms with E-state index in [2.05, 4.69) is 168 Å². The second-order valence-corrected chi connectivity index (χ2v) is 11.9. The maximum atomic E-state index is 6.35. The second kappa shape index (κ2) is 10.5. The molecule has 3 nitrogen and oxygen atoms in total. The molecule has 0 atom stereocenters. The van der Waals surface area contributed by atoms with Crippen LogP contribution in [-0.4, -0.2) is 4.57 Å². The number of benzene rings is 7. The summed E-state index contributed by atoms with van der Waals surface area (Å²) < 4.78 is 8.72. The van der Waals surface area contributed by atoms with Crippen LogP contribution in [0.3, 0.4) is 0 Å². The fourth-order valence-electron chi connectivity index (χ4n) is 6.88. The molecule has 0 radical (unpaired) electrons. The van der Waals surface area contributed by atoms with Gasteiger partial charge in [0.05, 0.1) is 22.1 Å². The lowest BCUT2D eigenvalue weighted by Gasteiger charge is -2.26. The number of para-hydroxylation sites is 2. The van der Waals surface area contributed by atoms with Crippen LogP contribution in [0.4, 0.5) is 17.1 Å². The Bertz CT molecular complexity index is 2520. The van der Waals surface area contributed by atoms with Gasteiger partial charge >= 0.3 is 0 Å². The molecule has 9 rings (SSSR count). The number of nitrogens with zero attached hydrogens (tertiary/aromatic N) is 2. The lowest BCUT2D eigenvalue weighted by Crippen LogP contribution is -2.10. The molecule has 3 heteroatoms. The average Bonchev–Trinajstić information content (AvgIpc) is 3.66. The van der Waals surface area contributed by atoms with Gasteiger partial charge in [0.2, 0.25) is 0 Å². The van der Waals surface area contributed by atoms with Crippen molar-refractivity contribution >= 4 is 60.8 Å². The van der Waals surface area contributed by atoms with Crippen LogP contribution in [0.2, 0.25) is 0 Å². The van der Waals surface area contributed by atoms with Crippen molar-refractivity contribution in [2.45, 2.75) is 6.92 Å². The molecule has 0 spiro atoms. The fraction of sp³-hybridized carbons (Fsp3) is 0.0233. The molecule has 0 amide bonds. The van der Waals surface area contributed by atoms with Gasteiger partial charge in [0.1, 0.15) is 11.2 Å². The molecule has 0 saturated carbocycles. The van der Waals surface area contributed by atoms with E-state index < -0.39 is 0 Å². The van der Waals surface area contributed by atoms with Crippen molar-refractivity contribution in [3.05, 3.63) is 169 Å². The summed E-state index contributed by atoms with van der Waals surface area (Å²) in [5.41, 5.74) is 12.2. The summed E-state index contributed by atoms with van der Waals surface area (Å²) in [6.07, 6.45) is 0. The number of furan rings is 1. The standard InChI is InChI=1S/C43H30N2O/c1-29-18-22-33(23-19-29)45-38-14-7-5-12-35(38)37-28-34(26-27-39(37)45)44(32-24-20-31(21-25-32)30-10-3-2-4-11-30)40-15-9-17-42-43(40)36-13-6-8-16-41(36)46-42/h2-28H,1H3. The van der Waals surface area contributed by atoms with Crippen molar-refractivity contribution in [3.63, 3.8) is 0 Å². The van der Waals surface area contributed by atoms with Gasteiger partial charge in [-0.1, -0.05) is 103 Å². The summed E-state index contributed by atoms with van der Waals surface area (Å²) in [6, 6.07) is 58.4.